The van der Waals surface area contributed by atoms with Crippen molar-refractivity contribution in [3.8, 4) is 6.07 Å². The molecule has 23 heavy (non-hydrogen) atoms. The van der Waals surface area contributed by atoms with Crippen molar-refractivity contribution in [1.29, 1.82) is 5.26 Å². The van der Waals surface area contributed by atoms with E-state index in [1.54, 1.807) is 24.3 Å². The molecule has 2 aromatic carbocycles. The first-order valence-electron chi connectivity index (χ1n) is 7.74. The number of halogens is 1. The Morgan fingerprint density at radius 2 is 1.57 bits per heavy atom. The van der Waals surface area contributed by atoms with Crippen LogP contribution in [0.25, 0.3) is 0 Å². The van der Waals surface area contributed by atoms with Gasteiger partial charge in [-0.1, -0.05) is 31.2 Å². The number of aliphatic hydroxyl groups excluding tert-OH is 1. The lowest BCUT2D eigenvalue weighted by atomic mass is 10.1. The second kappa shape index (κ2) is 8.42. The molecule has 0 fully saturated rings. The first-order chi connectivity index (χ1) is 11.2. The van der Waals surface area contributed by atoms with Gasteiger partial charge in [0.25, 0.3) is 0 Å². The molecule has 1 N–H and O–H groups in total. The van der Waals surface area contributed by atoms with Gasteiger partial charge in [0.15, 0.2) is 0 Å². The van der Waals surface area contributed by atoms with E-state index in [1.165, 1.54) is 12.1 Å². The maximum atomic E-state index is 13.1. The van der Waals surface area contributed by atoms with Crippen molar-refractivity contribution in [2.75, 3.05) is 6.61 Å². The van der Waals surface area contributed by atoms with Crippen LogP contribution in [0.1, 0.15) is 30.0 Å². The first-order valence-corrected chi connectivity index (χ1v) is 7.74. The Labute approximate surface area is 136 Å². The molecule has 4 heteroatoms. The summed E-state index contributed by atoms with van der Waals surface area (Å²) in [4.78, 5) is 2.18. The first kappa shape index (κ1) is 17.1. The van der Waals surface area contributed by atoms with Gasteiger partial charge in [-0.3, -0.25) is 4.90 Å². The molecule has 0 aromatic heterocycles. The van der Waals surface area contributed by atoms with Crippen molar-refractivity contribution in [2.45, 2.75) is 32.5 Å². The summed E-state index contributed by atoms with van der Waals surface area (Å²) >= 11 is 0. The number of hydrogen-bond acceptors (Lipinski definition) is 3. The number of benzene rings is 2. The Balaban J connectivity index is 2.15. The van der Waals surface area contributed by atoms with E-state index in [4.69, 9.17) is 5.26 Å². The lowest BCUT2D eigenvalue weighted by Crippen LogP contribution is -2.36. The van der Waals surface area contributed by atoms with Gasteiger partial charge < -0.3 is 5.11 Å². The highest BCUT2D eigenvalue weighted by Gasteiger charge is 2.17. The van der Waals surface area contributed by atoms with Crippen LogP contribution in [-0.2, 0) is 13.1 Å². The van der Waals surface area contributed by atoms with E-state index in [0.717, 1.165) is 17.5 Å². The molecule has 0 spiro atoms. The highest BCUT2D eigenvalue weighted by Crippen LogP contribution is 2.16. The molecule has 0 aliphatic rings. The number of nitrogens with zero attached hydrogens (tertiary/aromatic N) is 2. The second-order valence-electron chi connectivity index (χ2n) is 5.58. The highest BCUT2D eigenvalue weighted by atomic mass is 19.1. The molecule has 2 aromatic rings. The molecule has 0 saturated carbocycles. The lowest BCUT2D eigenvalue weighted by Gasteiger charge is -2.30. The zero-order valence-corrected chi connectivity index (χ0v) is 13.2. The number of hydrogen-bond donors (Lipinski definition) is 1. The molecule has 0 heterocycles. The van der Waals surface area contributed by atoms with E-state index in [-0.39, 0.29) is 18.5 Å². The third-order valence-electron chi connectivity index (χ3n) is 3.97. The molecule has 0 bridgehead atoms. The quantitative estimate of drug-likeness (QED) is 0.851. The van der Waals surface area contributed by atoms with Crippen LogP contribution in [0.4, 0.5) is 4.39 Å². The van der Waals surface area contributed by atoms with Crippen LogP contribution in [0.15, 0.2) is 48.5 Å². The van der Waals surface area contributed by atoms with Crippen molar-refractivity contribution in [3.63, 3.8) is 0 Å². The van der Waals surface area contributed by atoms with Crippen molar-refractivity contribution < 1.29 is 9.50 Å². The van der Waals surface area contributed by atoms with Crippen molar-refractivity contribution in [2.24, 2.45) is 0 Å². The lowest BCUT2D eigenvalue weighted by molar-refractivity contribution is 0.107. The summed E-state index contributed by atoms with van der Waals surface area (Å²) < 4.78 is 13.1. The van der Waals surface area contributed by atoms with Gasteiger partial charge in [-0.05, 0) is 41.8 Å². The van der Waals surface area contributed by atoms with Gasteiger partial charge in [0.05, 0.1) is 18.2 Å². The fraction of sp³-hybridized carbons (Fsp3) is 0.316. The van der Waals surface area contributed by atoms with Gasteiger partial charge in [-0.25, -0.2) is 4.39 Å². The third-order valence-corrected chi connectivity index (χ3v) is 3.97. The number of aliphatic hydroxyl groups is 1. The van der Waals surface area contributed by atoms with Crippen molar-refractivity contribution >= 4 is 0 Å². The maximum Gasteiger partial charge on any atom is 0.123 e. The van der Waals surface area contributed by atoms with E-state index in [9.17, 15) is 9.50 Å². The predicted octanol–water partition coefficient (Wildman–Crippen LogP) is 3.47. The monoisotopic (exact) mass is 312 g/mol. The summed E-state index contributed by atoms with van der Waals surface area (Å²) in [6.45, 7) is 3.42. The Hall–Kier alpha value is -2.22. The van der Waals surface area contributed by atoms with Crippen LogP contribution in [0.2, 0.25) is 0 Å². The van der Waals surface area contributed by atoms with Crippen molar-refractivity contribution in [3.05, 3.63) is 71.0 Å². The van der Waals surface area contributed by atoms with E-state index in [0.29, 0.717) is 18.7 Å². The minimum atomic E-state index is -0.249. The van der Waals surface area contributed by atoms with Gasteiger partial charge in [-0.2, -0.15) is 5.26 Å². The Morgan fingerprint density at radius 3 is 2.00 bits per heavy atom. The van der Waals surface area contributed by atoms with Crippen LogP contribution in [0.5, 0.6) is 0 Å². The predicted molar refractivity (Wildman–Crippen MR) is 88.0 cm³/mol. The van der Waals surface area contributed by atoms with Gasteiger partial charge in [-0.15, -0.1) is 0 Å². The summed E-state index contributed by atoms with van der Waals surface area (Å²) in [5.41, 5.74) is 2.72. The molecule has 0 amide bonds. The summed E-state index contributed by atoms with van der Waals surface area (Å²) in [6.07, 6.45) is 0.827. The van der Waals surface area contributed by atoms with E-state index in [2.05, 4.69) is 11.0 Å². The number of rotatable bonds is 7. The topological polar surface area (TPSA) is 47.3 Å². The Morgan fingerprint density at radius 1 is 1.04 bits per heavy atom. The molecule has 0 aliphatic heterocycles. The van der Waals surface area contributed by atoms with Crippen LogP contribution in [0.3, 0.4) is 0 Å². The molecule has 1 unspecified atom stereocenters. The zero-order chi connectivity index (χ0) is 16.7. The summed E-state index contributed by atoms with van der Waals surface area (Å²) in [6, 6.07) is 16.0. The fourth-order valence-corrected chi connectivity index (χ4v) is 2.56. The van der Waals surface area contributed by atoms with Crippen LogP contribution >= 0.6 is 0 Å². The molecule has 0 saturated heterocycles. The van der Waals surface area contributed by atoms with Gasteiger partial charge in [0.2, 0.25) is 0 Å². The summed E-state index contributed by atoms with van der Waals surface area (Å²) in [5, 5.41) is 18.5. The van der Waals surface area contributed by atoms with Gasteiger partial charge in [0.1, 0.15) is 5.82 Å². The standard InChI is InChI=1S/C19H21FN2O/c1-2-19(14-23)22(13-17-7-9-18(20)10-8-17)12-16-5-3-15(11-21)4-6-16/h3-10,19,23H,2,12-14H2,1H3. The van der Waals surface area contributed by atoms with Gasteiger partial charge >= 0.3 is 0 Å². The zero-order valence-electron chi connectivity index (χ0n) is 13.2. The number of nitriles is 1. The average molecular weight is 312 g/mol. The molecule has 0 radical (unpaired) electrons. The molecule has 0 aliphatic carbocycles. The van der Waals surface area contributed by atoms with Crippen molar-refractivity contribution in [1.82, 2.24) is 4.90 Å². The normalized spacial score (nSPS) is 12.1. The minimum Gasteiger partial charge on any atom is -0.395 e. The largest absolute Gasteiger partial charge is 0.395 e. The summed E-state index contributed by atoms with van der Waals surface area (Å²) in [7, 11) is 0. The third kappa shape index (κ3) is 4.88. The SMILES string of the molecule is CCC(CO)N(Cc1ccc(F)cc1)Cc1ccc(C#N)cc1. The molecule has 2 rings (SSSR count). The smallest absolute Gasteiger partial charge is 0.123 e. The Bertz CT molecular complexity index is 643. The maximum absolute atomic E-state index is 13.1. The molecule has 3 nitrogen and oxygen atoms in total. The Kier molecular flexibility index (Phi) is 6.28. The molecule has 120 valence electrons. The van der Waals surface area contributed by atoms with Crippen LogP contribution in [-0.4, -0.2) is 22.7 Å². The second-order valence-corrected chi connectivity index (χ2v) is 5.58. The van der Waals surface area contributed by atoms with E-state index < -0.39 is 0 Å². The average Bonchev–Trinajstić information content (AvgIpc) is 2.58. The van der Waals surface area contributed by atoms with E-state index >= 15 is 0 Å². The molecule has 1 atom stereocenters. The molecular weight excluding hydrogens is 291 g/mol. The van der Waals surface area contributed by atoms with Crippen LogP contribution in [0, 0.1) is 17.1 Å². The highest BCUT2D eigenvalue weighted by molar-refractivity contribution is 5.31. The molecular formula is C19H21FN2O. The van der Waals surface area contributed by atoms with Crippen LogP contribution < -0.4 is 0 Å². The summed E-state index contributed by atoms with van der Waals surface area (Å²) in [5.74, 6) is -0.249. The minimum absolute atomic E-state index is 0.0377. The van der Waals surface area contributed by atoms with Gasteiger partial charge in [0, 0.05) is 19.1 Å². The van der Waals surface area contributed by atoms with E-state index in [1.807, 2.05) is 19.1 Å². The fourth-order valence-electron chi connectivity index (χ4n) is 2.56.